The number of benzene rings is 19. The SMILES string of the molecule is Cc1ccc(-c2ccccc2)cc1.Cc1ccc2c(c1)-c1ccccc1C2.Cc1ccc2c(c1)Cc1ccccc1-2.Cc1ccc2ccccc2c1.Cc1cccc(-c2ccccc2)c1.Cc1cccc2c1-c1ccccc1C2.Cc1cccc2c1Cc1ccccc1-2.Cc1cccc2ccccc12.Cc1ccccc1.Cc1ccccc1-c1ccccc1. The molecular formula is C124H112. The number of fused-ring (bicyclic) bond motifs is 14. The van der Waals surface area contributed by atoms with Crippen LogP contribution in [0.3, 0.4) is 0 Å². The Morgan fingerprint density at radius 2 is 0.500 bits per heavy atom. The van der Waals surface area contributed by atoms with E-state index in [0.717, 1.165) is 25.7 Å². The van der Waals surface area contributed by atoms with Gasteiger partial charge in [-0.2, -0.15) is 0 Å². The molecule has 0 atom stereocenters. The minimum Gasteiger partial charge on any atom is -0.0622 e. The molecule has 0 aliphatic heterocycles. The first-order valence-corrected chi connectivity index (χ1v) is 43.6. The summed E-state index contributed by atoms with van der Waals surface area (Å²) in [6, 6.07) is 158. The molecule has 23 rings (SSSR count). The predicted octanol–water partition coefficient (Wildman–Crippen LogP) is 33.5. The molecule has 0 saturated heterocycles. The Bertz CT molecular complexity index is 6660. The first-order chi connectivity index (χ1) is 60.6. The van der Waals surface area contributed by atoms with Gasteiger partial charge < -0.3 is 0 Å². The quantitative estimate of drug-likeness (QED) is 0.165. The normalized spacial score (nSPS) is 11.0. The predicted molar refractivity (Wildman–Crippen MR) is 536 cm³/mol. The third-order valence-electron chi connectivity index (χ3n) is 23.4. The van der Waals surface area contributed by atoms with Crippen molar-refractivity contribution >= 4 is 21.5 Å². The van der Waals surface area contributed by atoms with Crippen molar-refractivity contribution in [1.29, 1.82) is 0 Å². The van der Waals surface area contributed by atoms with E-state index in [2.05, 4.69) is 482 Å². The molecule has 19 aromatic carbocycles. The summed E-state index contributed by atoms with van der Waals surface area (Å²) in [5.41, 5.74) is 44.4. The lowest BCUT2D eigenvalue weighted by molar-refractivity contribution is 1.22. The summed E-state index contributed by atoms with van der Waals surface area (Å²) in [7, 11) is 0. The number of hydrogen-bond donors (Lipinski definition) is 0. The Morgan fingerprint density at radius 3 is 1.13 bits per heavy atom. The van der Waals surface area contributed by atoms with Crippen LogP contribution in [-0.2, 0) is 25.7 Å². The minimum atomic E-state index is 1.10. The Morgan fingerprint density at radius 1 is 0.145 bits per heavy atom. The number of rotatable bonds is 3. The van der Waals surface area contributed by atoms with Gasteiger partial charge in [0.15, 0.2) is 0 Å². The van der Waals surface area contributed by atoms with Crippen LogP contribution in [0.5, 0.6) is 0 Å². The first-order valence-electron chi connectivity index (χ1n) is 43.6. The molecule has 4 aliphatic carbocycles. The van der Waals surface area contributed by atoms with Crippen molar-refractivity contribution in [2.75, 3.05) is 0 Å². The lowest BCUT2D eigenvalue weighted by atomic mass is 10.0. The maximum Gasteiger partial charge on any atom is -0.00108 e. The fourth-order valence-electron chi connectivity index (χ4n) is 16.8. The van der Waals surface area contributed by atoms with Crippen LogP contribution in [-0.4, -0.2) is 0 Å². The maximum atomic E-state index is 2.30. The van der Waals surface area contributed by atoms with Gasteiger partial charge in [0.1, 0.15) is 0 Å². The molecule has 0 heterocycles. The molecule has 608 valence electrons. The molecule has 0 saturated carbocycles. The Kier molecular flexibility index (Phi) is 29.7. The van der Waals surface area contributed by atoms with Gasteiger partial charge in [-0.05, 0) is 261 Å². The minimum absolute atomic E-state index is 1.10. The molecule has 4 aliphatic rings. The van der Waals surface area contributed by atoms with Crippen molar-refractivity contribution < 1.29 is 0 Å². The van der Waals surface area contributed by atoms with Gasteiger partial charge in [-0.3, -0.25) is 0 Å². The summed E-state index contributed by atoms with van der Waals surface area (Å²) in [6.07, 6.45) is 4.42. The zero-order valence-corrected chi connectivity index (χ0v) is 73.6. The fourth-order valence-corrected chi connectivity index (χ4v) is 16.8. The molecule has 0 bridgehead atoms. The molecule has 0 spiro atoms. The van der Waals surface area contributed by atoms with E-state index in [1.54, 1.807) is 0 Å². The van der Waals surface area contributed by atoms with Gasteiger partial charge in [0, 0.05) is 0 Å². The van der Waals surface area contributed by atoms with Gasteiger partial charge >= 0.3 is 0 Å². The Labute approximate surface area is 738 Å². The van der Waals surface area contributed by atoms with Gasteiger partial charge in [-0.1, -0.05) is 482 Å². The van der Waals surface area contributed by atoms with Gasteiger partial charge in [-0.15, -0.1) is 0 Å². The summed E-state index contributed by atoms with van der Waals surface area (Å²) in [5.74, 6) is 0. The van der Waals surface area contributed by atoms with Crippen LogP contribution >= 0.6 is 0 Å². The summed E-state index contributed by atoms with van der Waals surface area (Å²) in [4.78, 5) is 0. The highest BCUT2D eigenvalue weighted by Crippen LogP contribution is 2.41. The van der Waals surface area contributed by atoms with Crippen molar-refractivity contribution in [1.82, 2.24) is 0 Å². The van der Waals surface area contributed by atoms with Crippen LogP contribution in [0, 0.1) is 69.2 Å². The topological polar surface area (TPSA) is 0 Å². The van der Waals surface area contributed by atoms with Crippen molar-refractivity contribution in [2.45, 2.75) is 94.9 Å². The fraction of sp³-hybridized carbons (Fsp3) is 0.113. The van der Waals surface area contributed by atoms with E-state index in [-0.39, 0.29) is 0 Å². The largest absolute Gasteiger partial charge is 0.0622 e. The van der Waals surface area contributed by atoms with Gasteiger partial charge in [0.05, 0.1) is 0 Å². The van der Waals surface area contributed by atoms with Crippen LogP contribution in [0.25, 0.3) is 99.4 Å². The number of hydrogen-bond acceptors (Lipinski definition) is 0. The summed E-state index contributed by atoms with van der Waals surface area (Å²) in [5, 5.41) is 5.33. The smallest absolute Gasteiger partial charge is 0.00108 e. The summed E-state index contributed by atoms with van der Waals surface area (Å²) < 4.78 is 0. The zero-order chi connectivity index (χ0) is 85.9. The lowest BCUT2D eigenvalue weighted by Gasteiger charge is -2.04. The van der Waals surface area contributed by atoms with Crippen molar-refractivity contribution in [3.8, 4) is 77.9 Å². The van der Waals surface area contributed by atoms with Crippen LogP contribution in [0.4, 0.5) is 0 Å². The molecule has 0 fully saturated rings. The molecule has 19 aromatic rings. The molecule has 124 heavy (non-hydrogen) atoms. The van der Waals surface area contributed by atoms with Crippen LogP contribution < -0.4 is 0 Å². The van der Waals surface area contributed by atoms with Crippen molar-refractivity contribution in [2.24, 2.45) is 0 Å². The molecule has 0 radical (unpaired) electrons. The molecule has 0 N–H and O–H groups in total. The maximum absolute atomic E-state index is 2.30. The summed E-state index contributed by atoms with van der Waals surface area (Å²) >= 11 is 0. The average molecular weight is 1600 g/mol. The second-order valence-corrected chi connectivity index (χ2v) is 32.8. The monoisotopic (exact) mass is 1600 g/mol. The van der Waals surface area contributed by atoms with Gasteiger partial charge in [0.2, 0.25) is 0 Å². The molecule has 0 nitrogen and oxygen atoms in total. The van der Waals surface area contributed by atoms with Gasteiger partial charge in [0.25, 0.3) is 0 Å². The highest BCUT2D eigenvalue weighted by atomic mass is 14.3. The van der Waals surface area contributed by atoms with Gasteiger partial charge in [-0.25, -0.2) is 0 Å². The van der Waals surface area contributed by atoms with Crippen LogP contribution in [0.15, 0.2) is 449 Å². The van der Waals surface area contributed by atoms with E-state index in [1.165, 1.54) is 200 Å². The van der Waals surface area contributed by atoms with E-state index < -0.39 is 0 Å². The Hall–Kier alpha value is -14.3. The third kappa shape index (κ3) is 22.8. The Balaban J connectivity index is 0.000000113. The van der Waals surface area contributed by atoms with E-state index in [0.29, 0.717) is 0 Å². The van der Waals surface area contributed by atoms with Crippen LogP contribution in [0.2, 0.25) is 0 Å². The zero-order valence-electron chi connectivity index (χ0n) is 73.6. The molecule has 0 amide bonds. The summed E-state index contributed by atoms with van der Waals surface area (Å²) in [6.45, 7) is 21.4. The van der Waals surface area contributed by atoms with E-state index in [4.69, 9.17) is 0 Å². The molecule has 0 heteroatoms. The lowest BCUT2D eigenvalue weighted by Crippen LogP contribution is -1.84. The third-order valence-corrected chi connectivity index (χ3v) is 23.4. The standard InChI is InChI=1S/4C14H12.3C13H12.2C11H10.C7H8/c1-10-5-4-7-12-9-11-6-2-3-8-13(11)14(10)12;1-10-5-4-8-13-12-7-3-2-6-11(12)9-14(10)13;1-10-6-7-14-12(8-10)9-11-4-2-3-5-13(11)14;1-10-6-7-12-9-11-4-2-3-5-13(11)14(12)8-10;1-11-7-5-6-10-13(11)12-8-3-2-4-9-12;1-11-6-5-9-13(10-11)12-7-3-2-4-8-12;1-11-7-9-13(10-8-11)12-5-3-2-4-6-12;1-9-5-4-7-10-6-2-3-8-11(9)10;1-9-6-7-10-4-2-3-5-11(10)8-9;1-7-5-3-2-4-6-7/h4*2-8H,9H2,1H3;3*2-10H,1H3;2*2-8H,1H3;2-6H,1H3. The first kappa shape index (κ1) is 86.1. The number of aryl methyl sites for hydroxylation is 10. The highest BCUT2D eigenvalue weighted by Gasteiger charge is 2.22. The van der Waals surface area contributed by atoms with E-state index >= 15 is 0 Å². The average Bonchev–Trinajstić information content (AvgIpc) is 1.64. The van der Waals surface area contributed by atoms with E-state index in [9.17, 15) is 0 Å². The second kappa shape index (κ2) is 42.8. The molecule has 0 unspecified atom stereocenters. The van der Waals surface area contributed by atoms with Crippen LogP contribution in [0.1, 0.15) is 100 Å². The second-order valence-electron chi connectivity index (χ2n) is 32.8. The van der Waals surface area contributed by atoms with Crippen molar-refractivity contribution in [3.63, 3.8) is 0 Å². The van der Waals surface area contributed by atoms with Crippen molar-refractivity contribution in [3.05, 3.63) is 549 Å². The van der Waals surface area contributed by atoms with E-state index in [1.807, 2.05) is 36.4 Å². The highest BCUT2D eigenvalue weighted by molar-refractivity contribution is 5.86. The molecule has 0 aromatic heterocycles. The molecular weight excluding hydrogens is 1490 g/mol.